The second kappa shape index (κ2) is 18.3. The molecule has 0 amide bonds. The Labute approximate surface area is 393 Å². The van der Waals surface area contributed by atoms with Gasteiger partial charge in [0.25, 0.3) is 0 Å². The Morgan fingerprint density at radius 3 is 1.96 bits per heavy atom. The molecule has 0 aromatic rings. The van der Waals surface area contributed by atoms with Crippen molar-refractivity contribution < 1.29 is 89.0 Å². The highest BCUT2D eigenvalue weighted by Gasteiger charge is 2.70. The minimum atomic E-state index is -1.95. The van der Waals surface area contributed by atoms with Crippen LogP contribution in [-0.4, -0.2) is 182 Å². The lowest BCUT2D eigenvalue weighted by atomic mass is 9.33. The number of allylic oxidation sites excluding steroid dienone is 2. The van der Waals surface area contributed by atoms with Crippen LogP contribution in [0.5, 0.6) is 0 Å². The molecule has 7 fully saturated rings. The van der Waals surface area contributed by atoms with Crippen LogP contribution in [0, 0.1) is 50.2 Å². The van der Waals surface area contributed by atoms with E-state index in [1.807, 2.05) is 6.92 Å². The number of aliphatic hydroxyl groups is 10. The summed E-state index contributed by atoms with van der Waals surface area (Å²) in [6.07, 6.45) is -16.6. The Morgan fingerprint density at radius 1 is 0.672 bits per heavy atom. The monoisotopic (exact) mass is 957 g/mol. The molecule has 3 aliphatic heterocycles. The molecule has 0 spiro atoms. The normalized spacial score (nSPS) is 55.2. The van der Waals surface area contributed by atoms with E-state index >= 15 is 0 Å². The number of carbonyl (C=O) groups excluding carboxylic acids is 1. The van der Waals surface area contributed by atoms with Gasteiger partial charge < -0.3 is 84.2 Å². The number of ether oxygens (including phenoxy) is 7. The van der Waals surface area contributed by atoms with Gasteiger partial charge >= 0.3 is 5.97 Å². The van der Waals surface area contributed by atoms with Gasteiger partial charge in [-0.25, -0.2) is 4.79 Å². The lowest BCUT2D eigenvalue weighted by Gasteiger charge is -2.72. The van der Waals surface area contributed by atoms with Gasteiger partial charge in [-0.1, -0.05) is 60.1 Å². The lowest BCUT2D eigenvalue weighted by molar-refractivity contribution is -0.396. The first kappa shape index (κ1) is 51.9. The van der Waals surface area contributed by atoms with E-state index in [2.05, 4.69) is 47.6 Å². The molecular weight excluding hydrogens is 877 g/mol. The molecule has 4 saturated carbocycles. The number of rotatable bonds is 9. The van der Waals surface area contributed by atoms with E-state index in [-0.39, 0.29) is 57.5 Å². The summed E-state index contributed by atoms with van der Waals surface area (Å²) in [6, 6.07) is 0. The molecular formula is C49H80O18. The van der Waals surface area contributed by atoms with Gasteiger partial charge in [0.1, 0.15) is 61.0 Å². The zero-order valence-electron chi connectivity index (χ0n) is 40.6. The fourth-order valence-corrected chi connectivity index (χ4v) is 15.2. The average Bonchev–Trinajstić information content (AvgIpc) is 3.28. The van der Waals surface area contributed by atoms with Crippen molar-refractivity contribution in [3.63, 3.8) is 0 Å². The van der Waals surface area contributed by atoms with E-state index in [9.17, 15) is 55.9 Å². The van der Waals surface area contributed by atoms with Gasteiger partial charge in [-0.2, -0.15) is 0 Å². The Morgan fingerprint density at radius 2 is 1.31 bits per heavy atom. The van der Waals surface area contributed by atoms with Crippen LogP contribution < -0.4 is 0 Å². The van der Waals surface area contributed by atoms with Gasteiger partial charge in [-0.05, 0) is 104 Å². The first-order valence-corrected chi connectivity index (χ1v) is 24.6. The summed E-state index contributed by atoms with van der Waals surface area (Å²) in [7, 11) is 1.10. The molecule has 25 unspecified atom stereocenters. The van der Waals surface area contributed by atoms with Gasteiger partial charge in [-0.15, -0.1) is 0 Å². The van der Waals surface area contributed by atoms with Crippen LogP contribution in [0.15, 0.2) is 11.6 Å². The molecule has 18 nitrogen and oxygen atoms in total. The second-order valence-electron chi connectivity index (χ2n) is 23.8. The number of esters is 1. The van der Waals surface area contributed by atoms with Crippen molar-refractivity contribution in [1.82, 2.24) is 0 Å². The molecule has 0 radical (unpaired) electrons. The van der Waals surface area contributed by atoms with E-state index in [1.54, 1.807) is 0 Å². The number of aliphatic hydroxyl groups excluding tert-OH is 10. The number of methoxy groups -OCH3 is 1. The quantitative estimate of drug-likeness (QED) is 0.0869. The third-order valence-corrected chi connectivity index (χ3v) is 19.7. The summed E-state index contributed by atoms with van der Waals surface area (Å²) in [6.45, 7) is 16.5. The molecule has 18 heteroatoms. The van der Waals surface area contributed by atoms with Gasteiger partial charge in [0.15, 0.2) is 25.0 Å². The van der Waals surface area contributed by atoms with E-state index in [0.717, 1.165) is 52.1 Å². The lowest BCUT2D eigenvalue weighted by Crippen LogP contribution is -2.68. The standard InChI is InChI=1S/C49H80O18/c1-22-30(53)32(55)36(59)41(62-22)66-38-33(56)31(54)25(20-50)63-42(38)67-39-35(58)34(57)37(40(60)61-9)65-43(39)64-29-13-14-46(5)26(47(29,6)21-51)12-15-49(8)27(46)11-10-23-24-18-44(2,3)19-28(52)45(24,4)16-17-48(23,49)7/h10,22,24-39,41-43,50-59H,11-21H2,1-9H3. The summed E-state index contributed by atoms with van der Waals surface area (Å²) in [5, 5.41) is 110. The minimum absolute atomic E-state index is 0.0229. The molecule has 3 saturated heterocycles. The summed E-state index contributed by atoms with van der Waals surface area (Å²) in [5.41, 5.74) is 0.0428. The van der Waals surface area contributed by atoms with Crippen molar-refractivity contribution in [3.8, 4) is 0 Å². The summed E-state index contributed by atoms with van der Waals surface area (Å²) >= 11 is 0. The minimum Gasteiger partial charge on any atom is -0.467 e. The van der Waals surface area contributed by atoms with Crippen molar-refractivity contribution in [2.45, 2.75) is 218 Å². The molecule has 0 aromatic carbocycles. The maximum atomic E-state index is 13.1. The predicted molar refractivity (Wildman–Crippen MR) is 235 cm³/mol. The summed E-state index contributed by atoms with van der Waals surface area (Å²) < 4.78 is 41.6. The zero-order chi connectivity index (χ0) is 49.1. The SMILES string of the molecule is COC(=O)C1OC(OC2CCC3(C)C(CCC4(C)C3CC=C3C5CC(C)(C)CC(O)C5(C)CCC34C)C2(C)CO)C(OC2OC(CO)C(O)C(O)C2OC2OC(C)C(O)C(O)C2O)C(O)C1O. The zero-order valence-corrected chi connectivity index (χ0v) is 40.6. The van der Waals surface area contributed by atoms with Crippen LogP contribution >= 0.6 is 0 Å². The molecule has 3 heterocycles. The highest BCUT2D eigenvalue weighted by atomic mass is 16.8. The maximum absolute atomic E-state index is 13.1. The van der Waals surface area contributed by atoms with Crippen molar-refractivity contribution in [2.24, 2.45) is 50.2 Å². The van der Waals surface area contributed by atoms with Crippen LogP contribution in [0.3, 0.4) is 0 Å². The summed E-state index contributed by atoms with van der Waals surface area (Å²) in [5.74, 6) is -0.520. The van der Waals surface area contributed by atoms with Crippen LogP contribution in [0.1, 0.15) is 113 Å². The fourth-order valence-electron chi connectivity index (χ4n) is 15.2. The topological polar surface area (TPSA) is 284 Å². The van der Waals surface area contributed by atoms with E-state index in [1.165, 1.54) is 12.5 Å². The first-order chi connectivity index (χ1) is 31.3. The highest BCUT2D eigenvalue weighted by Crippen LogP contribution is 2.76. The van der Waals surface area contributed by atoms with Crippen molar-refractivity contribution in [2.75, 3.05) is 20.3 Å². The van der Waals surface area contributed by atoms with Gasteiger partial charge in [0.05, 0.1) is 38.6 Å². The van der Waals surface area contributed by atoms with E-state index < -0.39 is 116 Å². The number of carbonyl (C=O) groups is 1. The molecule has 384 valence electrons. The van der Waals surface area contributed by atoms with Gasteiger partial charge in [-0.3, -0.25) is 0 Å². The molecule has 25 atom stereocenters. The predicted octanol–water partition coefficient (Wildman–Crippen LogP) is 0.793. The maximum Gasteiger partial charge on any atom is 0.337 e. The van der Waals surface area contributed by atoms with Gasteiger partial charge in [0.2, 0.25) is 0 Å². The molecule has 67 heavy (non-hydrogen) atoms. The van der Waals surface area contributed by atoms with Crippen LogP contribution in [0.2, 0.25) is 0 Å². The van der Waals surface area contributed by atoms with Crippen molar-refractivity contribution in [3.05, 3.63) is 11.6 Å². The summed E-state index contributed by atoms with van der Waals surface area (Å²) in [4.78, 5) is 13.1. The Hall–Kier alpha value is -1.43. The molecule has 8 aliphatic rings. The highest BCUT2D eigenvalue weighted by molar-refractivity contribution is 5.75. The Balaban J connectivity index is 1.08. The number of hydrogen-bond donors (Lipinski definition) is 10. The number of hydrogen-bond acceptors (Lipinski definition) is 18. The van der Waals surface area contributed by atoms with Crippen molar-refractivity contribution in [1.29, 1.82) is 0 Å². The fraction of sp³-hybridized carbons (Fsp3) is 0.939. The smallest absolute Gasteiger partial charge is 0.337 e. The number of fused-ring (bicyclic) bond motifs is 7. The largest absolute Gasteiger partial charge is 0.467 e. The average molecular weight is 957 g/mol. The van der Waals surface area contributed by atoms with E-state index in [0.29, 0.717) is 12.8 Å². The molecule has 0 aromatic heterocycles. The van der Waals surface area contributed by atoms with E-state index in [4.69, 9.17) is 33.2 Å². The van der Waals surface area contributed by atoms with Crippen LogP contribution in [-0.2, 0) is 38.0 Å². The third kappa shape index (κ3) is 8.11. The Bertz CT molecular complexity index is 1830. The molecule has 5 aliphatic carbocycles. The van der Waals surface area contributed by atoms with Crippen molar-refractivity contribution >= 4 is 5.97 Å². The molecule has 10 N–H and O–H groups in total. The molecule has 8 rings (SSSR count). The van der Waals surface area contributed by atoms with Gasteiger partial charge in [0, 0.05) is 10.8 Å². The molecule has 0 bridgehead atoms. The second-order valence-corrected chi connectivity index (χ2v) is 23.8. The van der Waals surface area contributed by atoms with Crippen LogP contribution in [0.4, 0.5) is 0 Å². The Kier molecular flexibility index (Phi) is 14.1. The third-order valence-electron chi connectivity index (χ3n) is 19.7. The van der Waals surface area contributed by atoms with Crippen LogP contribution in [0.25, 0.3) is 0 Å². The first-order valence-electron chi connectivity index (χ1n) is 24.6.